The average molecular weight is 344 g/mol. The van der Waals surface area contributed by atoms with Crippen LogP contribution in [0.15, 0.2) is 41.3 Å². The van der Waals surface area contributed by atoms with Crippen molar-refractivity contribution in [3.05, 3.63) is 51.4 Å². The Morgan fingerprint density at radius 3 is 2.62 bits per heavy atom. The van der Waals surface area contributed by atoms with Gasteiger partial charge in [-0.3, -0.25) is 0 Å². The van der Waals surface area contributed by atoms with Gasteiger partial charge in [0.25, 0.3) is 0 Å². The summed E-state index contributed by atoms with van der Waals surface area (Å²) in [6.07, 6.45) is 2.09. The van der Waals surface area contributed by atoms with Gasteiger partial charge in [0.15, 0.2) is 0 Å². The Kier molecular flexibility index (Phi) is 7.04. The largest absolute Gasteiger partial charge is 0.313 e. The number of halogens is 2. The first-order chi connectivity index (χ1) is 10.2. The summed E-state index contributed by atoms with van der Waals surface area (Å²) in [5.74, 6) is 0.773. The standard InChI is InChI=1S/C16H19ClFNS2/c1-2-9-19-13(10-15-7-8-16(17)21-15)11-20-14-5-3-12(18)4-6-14/h3-8,13,19H,2,9-11H2,1H3. The smallest absolute Gasteiger partial charge is 0.123 e. The molecule has 1 nitrogen and oxygen atoms in total. The summed E-state index contributed by atoms with van der Waals surface area (Å²) >= 11 is 9.39. The summed E-state index contributed by atoms with van der Waals surface area (Å²) in [7, 11) is 0. The van der Waals surface area contributed by atoms with Gasteiger partial charge in [-0.2, -0.15) is 0 Å². The van der Waals surface area contributed by atoms with Crippen LogP contribution in [0.2, 0.25) is 4.34 Å². The van der Waals surface area contributed by atoms with E-state index in [0.717, 1.165) is 34.4 Å². The lowest BCUT2D eigenvalue weighted by Gasteiger charge is -2.17. The van der Waals surface area contributed by atoms with Gasteiger partial charge >= 0.3 is 0 Å². The molecule has 0 radical (unpaired) electrons. The summed E-state index contributed by atoms with van der Waals surface area (Å²) in [6, 6.07) is 11.1. The molecule has 1 N–H and O–H groups in total. The Morgan fingerprint density at radius 2 is 2.00 bits per heavy atom. The molecular weight excluding hydrogens is 325 g/mol. The van der Waals surface area contributed by atoms with Crippen LogP contribution in [0.4, 0.5) is 4.39 Å². The van der Waals surface area contributed by atoms with Crippen LogP contribution in [-0.2, 0) is 6.42 Å². The molecule has 21 heavy (non-hydrogen) atoms. The summed E-state index contributed by atoms with van der Waals surface area (Å²) in [6.45, 7) is 3.17. The number of hydrogen-bond donors (Lipinski definition) is 1. The summed E-state index contributed by atoms with van der Waals surface area (Å²) in [5.41, 5.74) is 0. The Hall–Kier alpha value is -0.550. The lowest BCUT2D eigenvalue weighted by atomic mass is 10.2. The minimum atomic E-state index is -0.187. The molecule has 1 unspecified atom stereocenters. The topological polar surface area (TPSA) is 12.0 Å². The summed E-state index contributed by atoms with van der Waals surface area (Å²) in [5, 5.41) is 3.58. The second kappa shape index (κ2) is 8.79. The number of thioether (sulfide) groups is 1. The molecule has 114 valence electrons. The molecule has 0 saturated carbocycles. The predicted octanol–water partition coefficient (Wildman–Crippen LogP) is 5.24. The van der Waals surface area contributed by atoms with Crippen LogP contribution < -0.4 is 5.32 Å². The molecule has 1 aromatic carbocycles. The first-order valence-corrected chi connectivity index (χ1v) is 9.21. The molecule has 0 fully saturated rings. The molecule has 1 heterocycles. The lowest BCUT2D eigenvalue weighted by Crippen LogP contribution is -2.33. The highest BCUT2D eigenvalue weighted by molar-refractivity contribution is 7.99. The van der Waals surface area contributed by atoms with Gasteiger partial charge in [0.1, 0.15) is 5.82 Å². The van der Waals surface area contributed by atoms with Crippen molar-refractivity contribution in [1.29, 1.82) is 0 Å². The van der Waals surface area contributed by atoms with Crippen LogP contribution in [0.5, 0.6) is 0 Å². The normalized spacial score (nSPS) is 12.5. The third-order valence-electron chi connectivity index (χ3n) is 3.02. The van der Waals surface area contributed by atoms with E-state index in [4.69, 9.17) is 11.6 Å². The molecule has 0 spiro atoms. The number of thiophene rings is 1. The van der Waals surface area contributed by atoms with Gasteiger partial charge in [0, 0.05) is 21.6 Å². The van der Waals surface area contributed by atoms with E-state index in [1.165, 1.54) is 17.0 Å². The molecule has 0 aliphatic rings. The Labute approximate surface area is 138 Å². The molecule has 0 bridgehead atoms. The zero-order valence-corrected chi connectivity index (χ0v) is 14.3. The fourth-order valence-electron chi connectivity index (χ4n) is 1.97. The van der Waals surface area contributed by atoms with Crippen molar-refractivity contribution in [3.63, 3.8) is 0 Å². The molecule has 2 aromatic rings. The second-order valence-corrected chi connectivity index (χ2v) is 7.72. The van der Waals surface area contributed by atoms with Crippen LogP contribution in [-0.4, -0.2) is 18.3 Å². The quantitative estimate of drug-likeness (QED) is 0.657. The molecule has 0 amide bonds. The van der Waals surface area contributed by atoms with Crippen molar-refractivity contribution in [3.8, 4) is 0 Å². The van der Waals surface area contributed by atoms with Gasteiger partial charge in [0.2, 0.25) is 0 Å². The maximum absolute atomic E-state index is 12.9. The molecule has 0 aliphatic carbocycles. The van der Waals surface area contributed by atoms with Crippen molar-refractivity contribution in [2.45, 2.75) is 30.7 Å². The first-order valence-electron chi connectivity index (χ1n) is 7.03. The SMILES string of the molecule is CCCNC(CSc1ccc(F)cc1)Cc1ccc(Cl)s1. The van der Waals surface area contributed by atoms with Crippen LogP contribution >= 0.6 is 34.7 Å². The van der Waals surface area contributed by atoms with Gasteiger partial charge in [-0.1, -0.05) is 18.5 Å². The highest BCUT2D eigenvalue weighted by atomic mass is 35.5. The molecule has 1 aromatic heterocycles. The van der Waals surface area contributed by atoms with E-state index in [-0.39, 0.29) is 5.82 Å². The molecule has 2 rings (SSSR count). The number of nitrogens with one attached hydrogen (secondary N) is 1. The molecular formula is C16H19ClFNS2. The van der Waals surface area contributed by atoms with Gasteiger partial charge < -0.3 is 5.32 Å². The van der Waals surface area contributed by atoms with Crippen molar-refractivity contribution in [1.82, 2.24) is 5.32 Å². The van der Waals surface area contributed by atoms with E-state index >= 15 is 0 Å². The van der Waals surface area contributed by atoms with Crippen LogP contribution in [0, 0.1) is 5.82 Å². The average Bonchev–Trinajstić information content (AvgIpc) is 2.89. The molecule has 0 aliphatic heterocycles. The molecule has 5 heteroatoms. The van der Waals surface area contributed by atoms with E-state index in [2.05, 4.69) is 18.3 Å². The Balaban J connectivity index is 1.90. The summed E-state index contributed by atoms with van der Waals surface area (Å²) < 4.78 is 13.7. The van der Waals surface area contributed by atoms with Crippen molar-refractivity contribution in [2.75, 3.05) is 12.3 Å². The fraction of sp³-hybridized carbons (Fsp3) is 0.375. The first kappa shape index (κ1) is 16.8. The third-order valence-corrected chi connectivity index (χ3v) is 5.45. The monoisotopic (exact) mass is 343 g/mol. The summed E-state index contributed by atoms with van der Waals surface area (Å²) in [4.78, 5) is 2.40. The van der Waals surface area contributed by atoms with E-state index in [0.29, 0.717) is 6.04 Å². The van der Waals surface area contributed by atoms with Gasteiger partial charge in [-0.15, -0.1) is 23.1 Å². The van der Waals surface area contributed by atoms with Crippen molar-refractivity contribution < 1.29 is 4.39 Å². The fourth-order valence-corrected chi connectivity index (χ4v) is 4.10. The van der Waals surface area contributed by atoms with E-state index in [1.807, 2.05) is 18.2 Å². The number of hydrogen-bond acceptors (Lipinski definition) is 3. The van der Waals surface area contributed by atoms with E-state index in [1.54, 1.807) is 23.1 Å². The number of benzene rings is 1. The highest BCUT2D eigenvalue weighted by Crippen LogP contribution is 2.25. The van der Waals surface area contributed by atoms with E-state index in [9.17, 15) is 4.39 Å². The zero-order chi connectivity index (χ0) is 15.1. The molecule has 0 saturated heterocycles. The number of rotatable bonds is 8. The van der Waals surface area contributed by atoms with Gasteiger partial charge in [0.05, 0.1) is 4.34 Å². The minimum Gasteiger partial charge on any atom is -0.313 e. The zero-order valence-electron chi connectivity index (χ0n) is 11.9. The minimum absolute atomic E-state index is 0.187. The maximum atomic E-state index is 12.9. The van der Waals surface area contributed by atoms with Crippen molar-refractivity contribution >= 4 is 34.7 Å². The van der Waals surface area contributed by atoms with E-state index < -0.39 is 0 Å². The van der Waals surface area contributed by atoms with Crippen LogP contribution in [0.3, 0.4) is 0 Å². The lowest BCUT2D eigenvalue weighted by molar-refractivity contribution is 0.553. The molecule has 1 atom stereocenters. The highest BCUT2D eigenvalue weighted by Gasteiger charge is 2.11. The van der Waals surface area contributed by atoms with Gasteiger partial charge in [-0.25, -0.2) is 4.39 Å². The van der Waals surface area contributed by atoms with Gasteiger partial charge in [-0.05, 0) is 55.8 Å². The van der Waals surface area contributed by atoms with Crippen molar-refractivity contribution in [2.24, 2.45) is 0 Å². The Bertz CT molecular complexity index is 541. The maximum Gasteiger partial charge on any atom is 0.123 e. The van der Waals surface area contributed by atoms with Crippen LogP contribution in [0.25, 0.3) is 0 Å². The van der Waals surface area contributed by atoms with Crippen LogP contribution in [0.1, 0.15) is 18.2 Å². The third kappa shape index (κ3) is 5.99. The predicted molar refractivity (Wildman–Crippen MR) is 92.2 cm³/mol. The second-order valence-electron chi connectivity index (χ2n) is 4.83. The Morgan fingerprint density at radius 1 is 1.24 bits per heavy atom.